The van der Waals surface area contributed by atoms with Gasteiger partial charge in [0, 0.05) is 18.9 Å². The molecule has 17 heavy (non-hydrogen) atoms. The smallest absolute Gasteiger partial charge is 0.246 e. The Bertz CT molecular complexity index is 466. The first-order chi connectivity index (χ1) is 8.20. The molecule has 0 saturated carbocycles. The van der Waals surface area contributed by atoms with Gasteiger partial charge in [-0.15, -0.1) is 0 Å². The third-order valence-electron chi connectivity index (χ3n) is 2.79. The van der Waals surface area contributed by atoms with Crippen molar-refractivity contribution in [3.63, 3.8) is 0 Å². The van der Waals surface area contributed by atoms with Gasteiger partial charge in [-0.1, -0.05) is 13.0 Å². The molecule has 2 rings (SSSR count). The van der Waals surface area contributed by atoms with Crippen molar-refractivity contribution < 1.29 is 9.66 Å². The molecule has 0 saturated heterocycles. The largest absolute Gasteiger partial charge is 0.493 e. The highest BCUT2D eigenvalue weighted by molar-refractivity contribution is 5.55. The van der Waals surface area contributed by atoms with Gasteiger partial charge in [-0.25, -0.2) is 0 Å². The van der Waals surface area contributed by atoms with Gasteiger partial charge in [-0.05, 0) is 29.7 Å². The summed E-state index contributed by atoms with van der Waals surface area (Å²) in [6, 6.07) is 5.72. The van der Waals surface area contributed by atoms with E-state index in [1.165, 1.54) is 0 Å². The Kier molecular flexibility index (Phi) is 3.42. The average Bonchev–Trinajstić information content (AvgIpc) is 2.75. The third kappa shape index (κ3) is 2.64. The molecule has 0 radical (unpaired) electrons. The summed E-state index contributed by atoms with van der Waals surface area (Å²) < 4.78 is 5.40. The molecule has 90 valence electrons. The van der Waals surface area contributed by atoms with Crippen LogP contribution in [-0.2, 0) is 6.42 Å². The molecule has 1 aliphatic rings. The summed E-state index contributed by atoms with van der Waals surface area (Å²) >= 11 is 0. The van der Waals surface area contributed by atoms with Gasteiger partial charge in [-0.2, -0.15) is 0 Å². The molecule has 0 unspecified atom stereocenters. The number of nitrogens with zero attached hydrogens (tertiary/aromatic N) is 1. The van der Waals surface area contributed by atoms with E-state index in [1.807, 2.05) is 25.1 Å². The van der Waals surface area contributed by atoms with Crippen LogP contribution in [0.5, 0.6) is 5.75 Å². The van der Waals surface area contributed by atoms with Gasteiger partial charge in [0.1, 0.15) is 5.75 Å². The normalized spacial score (nSPS) is 14.3. The molecular weight excluding hydrogens is 218 g/mol. The van der Waals surface area contributed by atoms with Crippen LogP contribution in [0, 0.1) is 10.1 Å². The number of allylic oxidation sites excluding steroid dienone is 1. The lowest BCUT2D eigenvalue weighted by Crippen LogP contribution is -1.98. The number of nitro groups is 1. The van der Waals surface area contributed by atoms with Crippen molar-refractivity contribution in [1.82, 2.24) is 0 Å². The summed E-state index contributed by atoms with van der Waals surface area (Å²) in [5.41, 5.74) is 2.29. The van der Waals surface area contributed by atoms with Gasteiger partial charge < -0.3 is 4.74 Å². The predicted octanol–water partition coefficient (Wildman–Crippen LogP) is 3.04. The van der Waals surface area contributed by atoms with Crippen LogP contribution < -0.4 is 4.74 Å². The molecule has 0 spiro atoms. The van der Waals surface area contributed by atoms with Gasteiger partial charge >= 0.3 is 0 Å². The maximum absolute atomic E-state index is 10.8. The fourth-order valence-corrected chi connectivity index (χ4v) is 1.96. The molecule has 0 amide bonds. The monoisotopic (exact) mass is 233 g/mol. The lowest BCUT2D eigenvalue weighted by Gasteiger charge is -2.00. The Labute approximate surface area is 100 Å². The van der Waals surface area contributed by atoms with E-state index in [1.54, 1.807) is 6.08 Å². The van der Waals surface area contributed by atoms with Crippen LogP contribution in [0.4, 0.5) is 0 Å². The van der Waals surface area contributed by atoms with E-state index in [9.17, 15) is 10.1 Å². The van der Waals surface area contributed by atoms with E-state index >= 15 is 0 Å². The van der Waals surface area contributed by atoms with Crippen LogP contribution in [0.1, 0.15) is 30.9 Å². The zero-order valence-electron chi connectivity index (χ0n) is 9.81. The Balaban J connectivity index is 2.27. The van der Waals surface area contributed by atoms with Gasteiger partial charge in [0.05, 0.1) is 11.5 Å². The molecular formula is C13H15NO3. The van der Waals surface area contributed by atoms with Gasteiger partial charge in [0.2, 0.25) is 5.70 Å². The second-order valence-electron chi connectivity index (χ2n) is 4.11. The van der Waals surface area contributed by atoms with E-state index in [0.29, 0.717) is 13.0 Å². The van der Waals surface area contributed by atoms with Crippen molar-refractivity contribution in [3.8, 4) is 5.75 Å². The van der Waals surface area contributed by atoms with Gasteiger partial charge in [-0.3, -0.25) is 10.1 Å². The van der Waals surface area contributed by atoms with Crippen molar-refractivity contribution in [2.24, 2.45) is 0 Å². The summed E-state index contributed by atoms with van der Waals surface area (Å²) in [5.74, 6) is 0.903. The van der Waals surface area contributed by atoms with Crippen molar-refractivity contribution in [1.29, 1.82) is 0 Å². The van der Waals surface area contributed by atoms with Gasteiger partial charge in [0.15, 0.2) is 0 Å². The molecule has 4 nitrogen and oxygen atoms in total. The highest BCUT2D eigenvalue weighted by Gasteiger charge is 2.13. The van der Waals surface area contributed by atoms with Crippen LogP contribution in [0.2, 0.25) is 0 Å². The lowest BCUT2D eigenvalue weighted by atomic mass is 10.1. The lowest BCUT2D eigenvalue weighted by molar-refractivity contribution is -0.426. The Morgan fingerprint density at radius 3 is 3.12 bits per heavy atom. The van der Waals surface area contributed by atoms with Crippen LogP contribution in [0.25, 0.3) is 6.08 Å². The number of hydrogen-bond donors (Lipinski definition) is 0. The van der Waals surface area contributed by atoms with E-state index in [0.717, 1.165) is 29.7 Å². The average molecular weight is 233 g/mol. The van der Waals surface area contributed by atoms with Gasteiger partial charge in [0.25, 0.3) is 0 Å². The quantitative estimate of drug-likeness (QED) is 0.593. The highest BCUT2D eigenvalue weighted by atomic mass is 16.6. The highest BCUT2D eigenvalue weighted by Crippen LogP contribution is 2.27. The Morgan fingerprint density at radius 1 is 1.59 bits per heavy atom. The number of benzene rings is 1. The molecule has 1 aliphatic heterocycles. The topological polar surface area (TPSA) is 52.4 Å². The fraction of sp³-hybridized carbons (Fsp3) is 0.385. The first-order valence-electron chi connectivity index (χ1n) is 5.81. The second-order valence-corrected chi connectivity index (χ2v) is 4.11. The van der Waals surface area contributed by atoms with E-state index < -0.39 is 0 Å². The van der Waals surface area contributed by atoms with Crippen molar-refractivity contribution in [3.05, 3.63) is 45.1 Å². The summed E-state index contributed by atoms with van der Waals surface area (Å²) in [4.78, 5) is 10.5. The fourth-order valence-electron chi connectivity index (χ4n) is 1.96. The molecule has 0 bridgehead atoms. The molecule has 0 aromatic heterocycles. The second kappa shape index (κ2) is 4.99. The van der Waals surface area contributed by atoms with Crippen molar-refractivity contribution >= 4 is 6.08 Å². The minimum absolute atomic E-state index is 0.270. The number of rotatable bonds is 4. The summed E-state index contributed by atoms with van der Waals surface area (Å²) in [5, 5.41) is 10.8. The zero-order valence-corrected chi connectivity index (χ0v) is 9.81. The maximum Gasteiger partial charge on any atom is 0.246 e. The Morgan fingerprint density at radius 2 is 2.41 bits per heavy atom. The number of hydrogen-bond acceptors (Lipinski definition) is 3. The summed E-state index contributed by atoms with van der Waals surface area (Å²) in [6.07, 6.45) is 3.82. The third-order valence-corrected chi connectivity index (χ3v) is 2.79. The Hall–Kier alpha value is -1.84. The molecule has 1 heterocycles. The maximum atomic E-state index is 10.8. The minimum Gasteiger partial charge on any atom is -0.493 e. The minimum atomic E-state index is -0.298. The van der Waals surface area contributed by atoms with E-state index in [-0.39, 0.29) is 10.6 Å². The van der Waals surface area contributed by atoms with Crippen molar-refractivity contribution in [2.75, 3.05) is 6.61 Å². The number of fused-ring (bicyclic) bond motifs is 1. The van der Waals surface area contributed by atoms with Crippen molar-refractivity contribution in [2.45, 2.75) is 26.2 Å². The molecule has 0 aliphatic carbocycles. The summed E-state index contributed by atoms with van der Waals surface area (Å²) in [6.45, 7) is 2.65. The molecule has 1 aromatic rings. The first-order valence-corrected chi connectivity index (χ1v) is 5.81. The van der Waals surface area contributed by atoms with Crippen LogP contribution >= 0.6 is 0 Å². The summed E-state index contributed by atoms with van der Waals surface area (Å²) in [7, 11) is 0. The van der Waals surface area contributed by atoms with E-state index in [4.69, 9.17) is 4.74 Å². The van der Waals surface area contributed by atoms with Crippen LogP contribution in [-0.4, -0.2) is 11.5 Å². The standard InChI is InChI=1S/C13H15NO3/c1-2-3-12(14(15)16)9-10-4-5-13-11(8-10)6-7-17-13/h4-5,8-9H,2-3,6-7H2,1H3. The van der Waals surface area contributed by atoms with Crippen LogP contribution in [0.15, 0.2) is 23.9 Å². The van der Waals surface area contributed by atoms with Crippen LogP contribution in [0.3, 0.4) is 0 Å². The SMILES string of the molecule is CCCC(=Cc1ccc2c(c1)CCO2)[N+](=O)[O-]. The molecule has 0 fully saturated rings. The molecule has 0 N–H and O–H groups in total. The molecule has 0 atom stereocenters. The van der Waals surface area contributed by atoms with E-state index in [2.05, 4.69) is 0 Å². The molecule has 4 heteroatoms. The predicted molar refractivity (Wildman–Crippen MR) is 65.5 cm³/mol. The molecule has 1 aromatic carbocycles. The number of ether oxygens (including phenoxy) is 1. The first kappa shape index (κ1) is 11.6. The zero-order chi connectivity index (χ0) is 12.3.